The second kappa shape index (κ2) is 6.07. The van der Waals surface area contributed by atoms with Gasteiger partial charge in [-0.3, -0.25) is 0 Å². The Morgan fingerprint density at radius 3 is 2.68 bits per heavy atom. The van der Waals surface area contributed by atoms with E-state index >= 15 is 0 Å². The first-order valence-corrected chi connectivity index (χ1v) is 7.22. The van der Waals surface area contributed by atoms with Gasteiger partial charge in [0, 0.05) is 0 Å². The van der Waals surface area contributed by atoms with Gasteiger partial charge in [-0.25, -0.2) is 0 Å². The average Bonchev–Trinajstić information content (AvgIpc) is 2.88. The smallest absolute Gasteiger partial charge is 0.120 e. The first kappa shape index (κ1) is 12.5. The summed E-state index contributed by atoms with van der Waals surface area (Å²) in [6.07, 6.45) is 6.67. The van der Waals surface area contributed by atoms with E-state index in [1.54, 1.807) is 6.26 Å². The van der Waals surface area contributed by atoms with Crippen LogP contribution >= 0.6 is 0 Å². The van der Waals surface area contributed by atoms with Gasteiger partial charge in [-0.15, -0.1) is 0 Å². The maximum Gasteiger partial charge on any atom is 0.120 e. The Morgan fingerprint density at radius 1 is 1.00 bits per heavy atom. The monoisotopic (exact) mass is 255 g/mol. The molecular weight excluding hydrogens is 234 g/mol. The second-order valence-electron chi connectivity index (χ2n) is 5.44. The molecule has 3 rings (SSSR count). The van der Waals surface area contributed by atoms with Gasteiger partial charge in [-0.1, -0.05) is 30.3 Å². The fraction of sp³-hybridized carbons (Fsp3) is 0.412. The fourth-order valence-corrected chi connectivity index (χ4v) is 2.99. The molecule has 2 atom stereocenters. The van der Waals surface area contributed by atoms with Crippen LogP contribution in [0.1, 0.15) is 36.6 Å². The largest absolute Gasteiger partial charge is 0.468 e. The molecule has 0 saturated carbocycles. The molecule has 19 heavy (non-hydrogen) atoms. The van der Waals surface area contributed by atoms with Crippen LogP contribution in [0, 0.1) is 5.92 Å². The highest BCUT2D eigenvalue weighted by Gasteiger charge is 2.21. The van der Waals surface area contributed by atoms with E-state index < -0.39 is 0 Å². The van der Waals surface area contributed by atoms with Crippen LogP contribution in [0.4, 0.5) is 0 Å². The Labute approximate surface area is 114 Å². The zero-order chi connectivity index (χ0) is 12.9. The van der Waals surface area contributed by atoms with Gasteiger partial charge in [0.2, 0.25) is 0 Å². The number of rotatable bonds is 3. The predicted octanol–water partition coefficient (Wildman–Crippen LogP) is 3.95. The minimum absolute atomic E-state index is 0.399. The Balaban J connectivity index is 1.59. The average molecular weight is 255 g/mol. The molecule has 0 aliphatic carbocycles. The van der Waals surface area contributed by atoms with Gasteiger partial charge in [0.25, 0.3) is 0 Å². The number of furan rings is 1. The molecule has 1 aromatic carbocycles. The van der Waals surface area contributed by atoms with Crippen molar-refractivity contribution in [1.82, 2.24) is 5.32 Å². The van der Waals surface area contributed by atoms with E-state index in [0.717, 1.165) is 18.2 Å². The van der Waals surface area contributed by atoms with Crippen molar-refractivity contribution in [3.05, 3.63) is 60.1 Å². The van der Waals surface area contributed by atoms with E-state index in [1.807, 2.05) is 6.07 Å². The zero-order valence-electron chi connectivity index (χ0n) is 11.2. The molecule has 2 nitrogen and oxygen atoms in total. The summed E-state index contributed by atoms with van der Waals surface area (Å²) in [6, 6.07) is 15.3. The lowest BCUT2D eigenvalue weighted by Gasteiger charge is -2.14. The van der Waals surface area contributed by atoms with Crippen molar-refractivity contribution in [2.24, 2.45) is 5.92 Å². The highest BCUT2D eigenvalue weighted by Crippen LogP contribution is 2.27. The summed E-state index contributed by atoms with van der Waals surface area (Å²) in [7, 11) is 0. The van der Waals surface area contributed by atoms with Gasteiger partial charge in [-0.2, -0.15) is 0 Å². The van der Waals surface area contributed by atoms with Crippen LogP contribution in [0.2, 0.25) is 0 Å². The van der Waals surface area contributed by atoms with Crippen LogP contribution in [-0.2, 0) is 6.42 Å². The van der Waals surface area contributed by atoms with Crippen LogP contribution in [0.3, 0.4) is 0 Å². The lowest BCUT2D eigenvalue weighted by atomic mass is 9.92. The zero-order valence-corrected chi connectivity index (χ0v) is 11.2. The summed E-state index contributed by atoms with van der Waals surface area (Å²) in [6.45, 7) is 1.09. The number of nitrogens with one attached hydrogen (secondary N) is 1. The normalized spacial score (nSPS) is 24.0. The van der Waals surface area contributed by atoms with E-state index in [1.165, 1.54) is 31.2 Å². The minimum atomic E-state index is 0.399. The van der Waals surface area contributed by atoms with Gasteiger partial charge in [0.05, 0.1) is 12.3 Å². The van der Waals surface area contributed by atoms with E-state index in [4.69, 9.17) is 4.42 Å². The summed E-state index contributed by atoms with van der Waals surface area (Å²) in [5.74, 6) is 1.87. The van der Waals surface area contributed by atoms with Crippen molar-refractivity contribution >= 4 is 0 Å². The molecule has 2 aromatic rings. The predicted molar refractivity (Wildman–Crippen MR) is 76.9 cm³/mol. The van der Waals surface area contributed by atoms with Crippen molar-refractivity contribution in [3.8, 4) is 0 Å². The molecular formula is C17H21NO. The standard InChI is InChI=1S/C17H21NO/c1-2-5-14(6-3-1)13-15-8-9-16(18-11-10-15)17-7-4-12-19-17/h1-7,12,15-16,18H,8-11,13H2/t15-,16+/m1/s1. The number of hydrogen-bond acceptors (Lipinski definition) is 2. The number of benzene rings is 1. The van der Waals surface area contributed by atoms with Gasteiger partial charge in [0.15, 0.2) is 0 Å². The first-order valence-electron chi connectivity index (χ1n) is 7.22. The molecule has 2 heteroatoms. The molecule has 100 valence electrons. The maximum absolute atomic E-state index is 5.52. The molecule has 0 bridgehead atoms. The molecule has 0 unspecified atom stereocenters. The van der Waals surface area contributed by atoms with E-state index in [0.29, 0.717) is 6.04 Å². The molecule has 1 saturated heterocycles. The molecule has 2 heterocycles. The molecule has 0 amide bonds. The summed E-state index contributed by atoms with van der Waals surface area (Å²) in [5.41, 5.74) is 1.46. The van der Waals surface area contributed by atoms with E-state index in [2.05, 4.69) is 41.7 Å². The Hall–Kier alpha value is -1.54. The van der Waals surface area contributed by atoms with Crippen LogP contribution in [0.25, 0.3) is 0 Å². The van der Waals surface area contributed by atoms with Crippen LogP contribution in [0.15, 0.2) is 53.1 Å². The van der Waals surface area contributed by atoms with Gasteiger partial charge < -0.3 is 9.73 Å². The summed E-state index contributed by atoms with van der Waals surface area (Å²) in [4.78, 5) is 0. The third-order valence-electron chi connectivity index (χ3n) is 4.06. The van der Waals surface area contributed by atoms with Gasteiger partial charge in [-0.05, 0) is 55.8 Å². The van der Waals surface area contributed by atoms with Gasteiger partial charge in [0.1, 0.15) is 5.76 Å². The maximum atomic E-state index is 5.52. The van der Waals surface area contributed by atoms with Crippen molar-refractivity contribution in [2.75, 3.05) is 6.54 Å². The third-order valence-corrected chi connectivity index (χ3v) is 4.06. The quantitative estimate of drug-likeness (QED) is 0.898. The van der Waals surface area contributed by atoms with E-state index in [9.17, 15) is 0 Å². The number of hydrogen-bond donors (Lipinski definition) is 1. The summed E-state index contributed by atoms with van der Waals surface area (Å²) in [5, 5.41) is 3.61. The molecule has 0 spiro atoms. The highest BCUT2D eigenvalue weighted by molar-refractivity contribution is 5.15. The van der Waals surface area contributed by atoms with Crippen LogP contribution in [0.5, 0.6) is 0 Å². The first-order chi connectivity index (χ1) is 9.42. The molecule has 0 radical (unpaired) electrons. The fourth-order valence-electron chi connectivity index (χ4n) is 2.99. The van der Waals surface area contributed by atoms with Crippen molar-refractivity contribution in [3.63, 3.8) is 0 Å². The Kier molecular flexibility index (Phi) is 3.99. The molecule has 1 aliphatic rings. The Bertz CT molecular complexity index is 477. The van der Waals surface area contributed by atoms with Gasteiger partial charge >= 0.3 is 0 Å². The van der Waals surface area contributed by atoms with Crippen molar-refractivity contribution in [1.29, 1.82) is 0 Å². The summed E-state index contributed by atoms with van der Waals surface area (Å²) < 4.78 is 5.52. The lowest BCUT2D eigenvalue weighted by molar-refractivity contribution is 0.402. The minimum Gasteiger partial charge on any atom is -0.468 e. The Morgan fingerprint density at radius 2 is 1.89 bits per heavy atom. The molecule has 1 N–H and O–H groups in total. The lowest BCUT2D eigenvalue weighted by Crippen LogP contribution is -2.19. The molecule has 1 aromatic heterocycles. The van der Waals surface area contributed by atoms with Crippen molar-refractivity contribution < 1.29 is 4.42 Å². The highest BCUT2D eigenvalue weighted by atomic mass is 16.3. The summed E-state index contributed by atoms with van der Waals surface area (Å²) >= 11 is 0. The third kappa shape index (κ3) is 3.27. The van der Waals surface area contributed by atoms with Crippen LogP contribution in [-0.4, -0.2) is 6.54 Å². The van der Waals surface area contributed by atoms with E-state index in [-0.39, 0.29) is 0 Å². The topological polar surface area (TPSA) is 25.2 Å². The van der Waals surface area contributed by atoms with Crippen LogP contribution < -0.4 is 5.32 Å². The second-order valence-corrected chi connectivity index (χ2v) is 5.44. The molecule has 1 aliphatic heterocycles. The van der Waals surface area contributed by atoms with Crippen molar-refractivity contribution in [2.45, 2.75) is 31.7 Å². The molecule has 1 fully saturated rings. The SMILES string of the molecule is c1ccc(C[C@H]2CCN[C@H](c3ccco3)CC2)cc1.